The van der Waals surface area contributed by atoms with E-state index < -0.39 is 5.54 Å². The highest BCUT2D eigenvalue weighted by atomic mass is 16.1. The maximum Gasteiger partial charge on any atom is 0.154 e. The van der Waals surface area contributed by atoms with Crippen molar-refractivity contribution in [3.8, 4) is 0 Å². The van der Waals surface area contributed by atoms with Crippen LogP contribution < -0.4 is 5.32 Å². The molecule has 3 heterocycles. The van der Waals surface area contributed by atoms with Crippen molar-refractivity contribution in [2.24, 2.45) is 4.99 Å². The lowest BCUT2D eigenvalue weighted by Gasteiger charge is -2.38. The molecule has 0 saturated carbocycles. The van der Waals surface area contributed by atoms with E-state index in [0.29, 0.717) is 42.7 Å². The molecule has 0 radical (unpaired) electrons. The summed E-state index contributed by atoms with van der Waals surface area (Å²) in [6.07, 6.45) is 13.0. The molecule has 29 heavy (non-hydrogen) atoms. The number of dihydropyridines is 1. The SMILES string of the molecule is CC(C)c1cnnc(NC2=NC3(C=C(c4cnn(CCC=O)c4)C3)C(=N)C=C2)c1. The van der Waals surface area contributed by atoms with E-state index in [4.69, 9.17) is 10.4 Å². The van der Waals surface area contributed by atoms with Gasteiger partial charge in [0.25, 0.3) is 0 Å². The van der Waals surface area contributed by atoms with Crippen molar-refractivity contribution in [1.29, 1.82) is 5.41 Å². The topological polar surface area (TPSA) is 109 Å². The summed E-state index contributed by atoms with van der Waals surface area (Å²) < 4.78 is 1.76. The van der Waals surface area contributed by atoms with Crippen molar-refractivity contribution in [2.45, 2.75) is 44.7 Å². The average Bonchev–Trinajstić information content (AvgIpc) is 3.15. The minimum Gasteiger partial charge on any atom is -0.324 e. The summed E-state index contributed by atoms with van der Waals surface area (Å²) in [5.74, 6) is 1.66. The van der Waals surface area contributed by atoms with Gasteiger partial charge in [0.2, 0.25) is 0 Å². The van der Waals surface area contributed by atoms with Crippen molar-refractivity contribution < 1.29 is 4.79 Å². The first-order valence-corrected chi connectivity index (χ1v) is 9.64. The first kappa shape index (κ1) is 18.9. The minimum absolute atomic E-state index is 0.360. The van der Waals surface area contributed by atoms with Crippen LogP contribution in [-0.4, -0.2) is 43.4 Å². The Bertz CT molecular complexity index is 1050. The molecule has 2 aliphatic rings. The molecule has 1 unspecified atom stereocenters. The quantitative estimate of drug-likeness (QED) is 0.738. The summed E-state index contributed by atoms with van der Waals surface area (Å²) in [4.78, 5) is 15.3. The van der Waals surface area contributed by atoms with Crippen LogP contribution >= 0.6 is 0 Å². The van der Waals surface area contributed by atoms with Crippen LogP contribution in [0.5, 0.6) is 0 Å². The third kappa shape index (κ3) is 3.78. The van der Waals surface area contributed by atoms with E-state index in [-0.39, 0.29) is 0 Å². The molecule has 4 rings (SSSR count). The molecule has 2 aromatic rings. The highest BCUT2D eigenvalue weighted by Crippen LogP contribution is 2.42. The molecule has 148 valence electrons. The maximum atomic E-state index is 10.5. The van der Waals surface area contributed by atoms with Gasteiger partial charge in [-0.15, -0.1) is 5.10 Å². The van der Waals surface area contributed by atoms with Crippen LogP contribution in [0.1, 0.15) is 43.7 Å². The predicted molar refractivity (Wildman–Crippen MR) is 112 cm³/mol. The van der Waals surface area contributed by atoms with Crippen molar-refractivity contribution in [2.75, 3.05) is 5.32 Å². The number of aliphatic imine (C=N–C) groups is 1. The van der Waals surface area contributed by atoms with Crippen molar-refractivity contribution in [3.05, 3.63) is 54.0 Å². The minimum atomic E-state index is -0.652. The largest absolute Gasteiger partial charge is 0.324 e. The summed E-state index contributed by atoms with van der Waals surface area (Å²) >= 11 is 0. The van der Waals surface area contributed by atoms with Gasteiger partial charge in [-0.2, -0.15) is 10.2 Å². The van der Waals surface area contributed by atoms with Gasteiger partial charge in [0.05, 0.1) is 18.1 Å². The van der Waals surface area contributed by atoms with Gasteiger partial charge in [0, 0.05) is 31.1 Å². The molecule has 8 heteroatoms. The number of hydrogen-bond acceptors (Lipinski definition) is 7. The number of hydrogen-bond donors (Lipinski definition) is 2. The number of carbonyl (C=O) groups is 1. The van der Waals surface area contributed by atoms with Gasteiger partial charge in [-0.05, 0) is 41.3 Å². The Balaban J connectivity index is 1.52. The number of aryl methyl sites for hydroxylation is 1. The third-order valence-electron chi connectivity index (χ3n) is 5.15. The molecule has 1 spiro atoms. The fraction of sp³-hybridized carbons (Fsp3) is 0.333. The van der Waals surface area contributed by atoms with E-state index in [2.05, 4.69) is 34.5 Å². The van der Waals surface area contributed by atoms with E-state index >= 15 is 0 Å². The van der Waals surface area contributed by atoms with Crippen LogP contribution in [0, 0.1) is 5.41 Å². The van der Waals surface area contributed by atoms with Gasteiger partial charge in [-0.1, -0.05) is 13.8 Å². The summed E-state index contributed by atoms with van der Waals surface area (Å²) in [5.41, 5.74) is 3.02. The molecule has 0 aromatic carbocycles. The van der Waals surface area contributed by atoms with Crippen molar-refractivity contribution in [3.63, 3.8) is 0 Å². The van der Waals surface area contributed by atoms with E-state index in [0.717, 1.165) is 23.0 Å². The highest BCUT2D eigenvalue weighted by molar-refractivity contribution is 6.17. The number of rotatable bonds is 6. The van der Waals surface area contributed by atoms with Gasteiger partial charge < -0.3 is 15.5 Å². The fourth-order valence-corrected chi connectivity index (χ4v) is 3.39. The standard InChI is InChI=1S/C21H23N7O/c1-14(2)15-8-20(27-23-11-15)25-19-5-4-18(22)21(26-19)9-16(10-21)17-12-24-28(13-17)6-3-7-29/h4-5,7-9,11-14,22H,3,6,10H2,1-2H3,(H,25,26,27). The molecule has 2 aromatic heterocycles. The Morgan fingerprint density at radius 1 is 1.34 bits per heavy atom. The number of nitrogens with zero attached hydrogens (tertiary/aromatic N) is 5. The lowest BCUT2D eigenvalue weighted by Crippen LogP contribution is -2.43. The van der Waals surface area contributed by atoms with E-state index in [1.807, 2.05) is 18.3 Å². The first-order chi connectivity index (χ1) is 14.0. The van der Waals surface area contributed by atoms with Crippen LogP contribution in [-0.2, 0) is 11.3 Å². The Kier molecular flexibility index (Phi) is 4.92. The molecule has 1 atom stereocenters. The van der Waals surface area contributed by atoms with Gasteiger partial charge in [0.15, 0.2) is 5.82 Å². The fourth-order valence-electron chi connectivity index (χ4n) is 3.39. The number of amidine groups is 1. The molecule has 0 fully saturated rings. The average molecular weight is 389 g/mol. The van der Waals surface area contributed by atoms with Crippen LogP contribution in [0.2, 0.25) is 0 Å². The number of carbonyl (C=O) groups excluding carboxylic acids is 1. The zero-order chi connectivity index (χ0) is 20.4. The molecule has 0 amide bonds. The second-order valence-corrected chi connectivity index (χ2v) is 7.62. The van der Waals surface area contributed by atoms with Gasteiger partial charge in [0.1, 0.15) is 17.7 Å². The lowest BCUT2D eigenvalue weighted by molar-refractivity contribution is -0.108. The summed E-state index contributed by atoms with van der Waals surface area (Å²) in [7, 11) is 0. The zero-order valence-corrected chi connectivity index (χ0v) is 16.5. The van der Waals surface area contributed by atoms with Crippen molar-refractivity contribution in [1.82, 2.24) is 20.0 Å². The second kappa shape index (κ2) is 7.54. The van der Waals surface area contributed by atoms with Gasteiger partial charge in [-0.3, -0.25) is 9.67 Å². The third-order valence-corrected chi connectivity index (χ3v) is 5.15. The zero-order valence-electron chi connectivity index (χ0n) is 16.5. The summed E-state index contributed by atoms with van der Waals surface area (Å²) in [6.45, 7) is 4.79. The highest BCUT2D eigenvalue weighted by Gasteiger charge is 2.42. The molecular formula is C21H23N7O. The Morgan fingerprint density at radius 2 is 2.17 bits per heavy atom. The normalized spacial score (nSPS) is 20.4. The molecule has 2 N–H and O–H groups in total. The number of nitrogens with one attached hydrogen (secondary N) is 2. The predicted octanol–water partition coefficient (Wildman–Crippen LogP) is 3.01. The molecule has 1 aliphatic heterocycles. The second-order valence-electron chi connectivity index (χ2n) is 7.62. The van der Waals surface area contributed by atoms with Gasteiger partial charge in [-0.25, -0.2) is 0 Å². The maximum absolute atomic E-state index is 10.5. The van der Waals surface area contributed by atoms with Crippen molar-refractivity contribution >= 4 is 29.2 Å². The van der Waals surface area contributed by atoms with Gasteiger partial charge >= 0.3 is 0 Å². The van der Waals surface area contributed by atoms with Crippen LogP contribution in [0.15, 0.2) is 47.9 Å². The molecule has 1 aliphatic carbocycles. The monoisotopic (exact) mass is 389 g/mol. The summed E-state index contributed by atoms with van der Waals surface area (Å²) in [6, 6.07) is 1.97. The Morgan fingerprint density at radius 3 is 2.93 bits per heavy atom. The number of aldehydes is 1. The molecule has 0 saturated heterocycles. The summed E-state index contributed by atoms with van der Waals surface area (Å²) in [5, 5.41) is 24.0. The van der Waals surface area contributed by atoms with E-state index in [1.165, 1.54) is 0 Å². The number of aromatic nitrogens is 4. The molecular weight excluding hydrogens is 366 g/mol. The Hall–Kier alpha value is -3.42. The van der Waals surface area contributed by atoms with Crippen LogP contribution in [0.3, 0.4) is 0 Å². The Labute approximate surface area is 169 Å². The lowest BCUT2D eigenvalue weighted by atomic mass is 9.73. The number of anilines is 1. The smallest absolute Gasteiger partial charge is 0.154 e. The first-order valence-electron chi connectivity index (χ1n) is 9.64. The van der Waals surface area contributed by atoms with Crippen LogP contribution in [0.4, 0.5) is 5.82 Å². The van der Waals surface area contributed by atoms with Crippen LogP contribution in [0.25, 0.3) is 5.57 Å². The molecule has 8 nitrogen and oxygen atoms in total. The van der Waals surface area contributed by atoms with E-state index in [1.54, 1.807) is 29.2 Å². The van der Waals surface area contributed by atoms with E-state index in [9.17, 15) is 4.79 Å². The molecule has 0 bridgehead atoms.